The summed E-state index contributed by atoms with van der Waals surface area (Å²) in [5.41, 5.74) is 3.37. The molecule has 1 aromatic heterocycles. The lowest BCUT2D eigenvalue weighted by Gasteiger charge is -2.28. The molecule has 2 aromatic carbocycles. The summed E-state index contributed by atoms with van der Waals surface area (Å²) in [5.74, 6) is 0.406. The third-order valence-corrected chi connectivity index (χ3v) is 5.91. The first-order valence-electron chi connectivity index (χ1n) is 10.5. The van der Waals surface area contributed by atoms with Crippen molar-refractivity contribution in [2.45, 2.75) is 25.3 Å². The van der Waals surface area contributed by atoms with Crippen LogP contribution in [0.5, 0.6) is 5.75 Å². The number of rotatable bonds is 5. The van der Waals surface area contributed by atoms with Crippen LogP contribution in [0.1, 0.15) is 50.7 Å². The Hall–Kier alpha value is -4.12. The number of hydrogen-bond acceptors (Lipinski definition) is 5. The summed E-state index contributed by atoms with van der Waals surface area (Å²) < 4.78 is 6.74. The van der Waals surface area contributed by atoms with Gasteiger partial charge in [-0.1, -0.05) is 12.1 Å². The number of nitrogens with one attached hydrogen (secondary N) is 1. The van der Waals surface area contributed by atoms with Gasteiger partial charge >= 0.3 is 0 Å². The molecule has 0 spiro atoms. The molecule has 1 N–H and O–H groups in total. The van der Waals surface area contributed by atoms with Crippen molar-refractivity contribution in [3.63, 3.8) is 0 Å². The Balaban J connectivity index is 1.38. The Kier molecular flexibility index (Phi) is 4.86. The van der Waals surface area contributed by atoms with Crippen LogP contribution in [0.25, 0.3) is 0 Å². The molecule has 2 aliphatic rings. The predicted octanol–water partition coefficient (Wildman–Crippen LogP) is 3.55. The highest BCUT2D eigenvalue weighted by atomic mass is 16.5. The summed E-state index contributed by atoms with van der Waals surface area (Å²) in [7, 11) is 1.46. The van der Waals surface area contributed by atoms with Gasteiger partial charge < -0.3 is 15.0 Å². The molecule has 2 amide bonds. The minimum atomic E-state index is -0.432. The lowest BCUT2D eigenvalue weighted by atomic mass is 10.1. The molecule has 5 rings (SSSR count). The third-order valence-electron chi connectivity index (χ3n) is 5.91. The van der Waals surface area contributed by atoms with Gasteiger partial charge in [-0.25, -0.2) is 0 Å². The summed E-state index contributed by atoms with van der Waals surface area (Å²) >= 11 is 0. The molecule has 2 heterocycles. The second kappa shape index (κ2) is 7.85. The maximum Gasteiger partial charge on any atom is 0.278 e. The second-order valence-corrected chi connectivity index (χ2v) is 7.93. The normalized spacial score (nSPS) is 15.1. The van der Waals surface area contributed by atoms with Crippen molar-refractivity contribution in [3.8, 4) is 11.8 Å². The van der Waals surface area contributed by atoms with Crippen molar-refractivity contribution in [1.29, 1.82) is 5.26 Å². The van der Waals surface area contributed by atoms with Crippen LogP contribution in [0, 0.1) is 11.3 Å². The number of carbonyl (C=O) groups is 2. The van der Waals surface area contributed by atoms with Crippen LogP contribution in [-0.2, 0) is 6.54 Å². The molecule has 160 valence electrons. The van der Waals surface area contributed by atoms with Gasteiger partial charge in [-0.05, 0) is 54.7 Å². The number of methoxy groups -OCH3 is 1. The van der Waals surface area contributed by atoms with E-state index in [4.69, 9.17) is 4.74 Å². The van der Waals surface area contributed by atoms with E-state index >= 15 is 0 Å². The zero-order valence-corrected chi connectivity index (χ0v) is 17.5. The number of nitrogens with zero attached hydrogens (tertiary/aromatic N) is 4. The van der Waals surface area contributed by atoms with Crippen molar-refractivity contribution in [2.24, 2.45) is 0 Å². The molecule has 0 unspecified atom stereocenters. The van der Waals surface area contributed by atoms with E-state index in [1.807, 2.05) is 18.2 Å². The number of fused-ring (bicyclic) bond motifs is 1. The summed E-state index contributed by atoms with van der Waals surface area (Å²) in [6.07, 6.45) is 3.95. The Morgan fingerprint density at radius 1 is 1.19 bits per heavy atom. The van der Waals surface area contributed by atoms with Gasteiger partial charge in [0.05, 0.1) is 31.1 Å². The third kappa shape index (κ3) is 3.48. The van der Waals surface area contributed by atoms with Gasteiger partial charge in [0.25, 0.3) is 11.8 Å². The highest BCUT2D eigenvalue weighted by molar-refractivity contribution is 6.13. The maximum absolute atomic E-state index is 13.3. The van der Waals surface area contributed by atoms with E-state index in [2.05, 4.69) is 22.5 Å². The Bertz CT molecular complexity index is 1250. The summed E-state index contributed by atoms with van der Waals surface area (Å²) in [5, 5.41) is 16.3. The lowest BCUT2D eigenvalue weighted by molar-refractivity contribution is 0.0963. The first-order chi connectivity index (χ1) is 15.6. The molecular formula is C24H21N5O3. The largest absolute Gasteiger partial charge is 0.495 e. The maximum atomic E-state index is 13.3. The minimum absolute atomic E-state index is 0.212. The number of carbonyl (C=O) groups excluding carboxylic acids is 2. The summed E-state index contributed by atoms with van der Waals surface area (Å²) in [6.45, 7) is 1.04. The summed E-state index contributed by atoms with van der Waals surface area (Å²) in [6, 6.07) is 14.8. The van der Waals surface area contributed by atoms with E-state index in [1.165, 1.54) is 37.8 Å². The van der Waals surface area contributed by atoms with Crippen LogP contribution in [-0.4, -0.2) is 35.2 Å². The molecule has 1 aliphatic heterocycles. The second-order valence-electron chi connectivity index (χ2n) is 7.93. The van der Waals surface area contributed by atoms with Gasteiger partial charge in [0.1, 0.15) is 17.5 Å². The molecule has 3 aromatic rings. The van der Waals surface area contributed by atoms with Crippen molar-refractivity contribution in [1.82, 2.24) is 9.78 Å². The van der Waals surface area contributed by atoms with E-state index in [1.54, 1.807) is 21.7 Å². The van der Waals surface area contributed by atoms with Crippen LogP contribution < -0.4 is 15.0 Å². The highest BCUT2D eigenvalue weighted by Gasteiger charge is 2.31. The van der Waals surface area contributed by atoms with Gasteiger partial charge in [-0.3, -0.25) is 14.3 Å². The molecule has 0 bridgehead atoms. The fourth-order valence-electron chi connectivity index (χ4n) is 4.02. The average molecular weight is 427 g/mol. The molecule has 0 radical (unpaired) electrons. The average Bonchev–Trinajstić information content (AvgIpc) is 3.60. The van der Waals surface area contributed by atoms with E-state index in [0.717, 1.165) is 5.69 Å². The van der Waals surface area contributed by atoms with Gasteiger partial charge in [-0.15, -0.1) is 0 Å². The van der Waals surface area contributed by atoms with Crippen molar-refractivity contribution < 1.29 is 14.3 Å². The topological polar surface area (TPSA) is 100 Å². The number of amides is 2. The van der Waals surface area contributed by atoms with Gasteiger partial charge in [0.2, 0.25) is 0 Å². The molecule has 8 heteroatoms. The highest BCUT2D eigenvalue weighted by Crippen LogP contribution is 2.40. The predicted molar refractivity (Wildman–Crippen MR) is 118 cm³/mol. The fourth-order valence-corrected chi connectivity index (χ4v) is 4.02. The molecule has 32 heavy (non-hydrogen) atoms. The Morgan fingerprint density at radius 3 is 2.66 bits per heavy atom. The number of nitriles is 1. The first kappa shape index (κ1) is 19.8. The summed E-state index contributed by atoms with van der Waals surface area (Å²) in [4.78, 5) is 27.8. The molecule has 0 saturated heterocycles. The van der Waals surface area contributed by atoms with E-state index in [9.17, 15) is 14.9 Å². The first-order valence-corrected chi connectivity index (χ1v) is 10.5. The molecule has 1 saturated carbocycles. The van der Waals surface area contributed by atoms with Gasteiger partial charge in [0.15, 0.2) is 0 Å². The number of aromatic nitrogens is 2. The quantitative estimate of drug-likeness (QED) is 0.671. The number of benzene rings is 2. The number of ether oxygens (including phenoxy) is 1. The standard InChI is InChI=1S/C24H21N5O3/c1-32-21-9-6-17(12-18(21)13-25)23(30)27-20-14-26-29-11-10-28(24(31)22(20)29)19-7-4-16(5-8-19)15-2-3-15/h4-9,12,14-15H,2-3,10-11H2,1H3,(H,27,30). The van der Waals surface area contributed by atoms with E-state index in [-0.39, 0.29) is 17.0 Å². The smallest absolute Gasteiger partial charge is 0.278 e. The van der Waals surface area contributed by atoms with Crippen molar-refractivity contribution in [3.05, 3.63) is 71.0 Å². The van der Waals surface area contributed by atoms with Crippen molar-refractivity contribution in [2.75, 3.05) is 23.9 Å². The van der Waals surface area contributed by atoms with Crippen LogP contribution in [0.15, 0.2) is 48.7 Å². The van der Waals surface area contributed by atoms with Gasteiger partial charge in [0, 0.05) is 17.8 Å². The fraction of sp³-hybridized carbons (Fsp3) is 0.250. The molecule has 1 aliphatic carbocycles. The van der Waals surface area contributed by atoms with Crippen LogP contribution in [0.2, 0.25) is 0 Å². The number of hydrogen-bond donors (Lipinski definition) is 1. The van der Waals surface area contributed by atoms with Crippen LogP contribution in [0.3, 0.4) is 0 Å². The van der Waals surface area contributed by atoms with Crippen molar-refractivity contribution >= 4 is 23.2 Å². The molecule has 1 fully saturated rings. The van der Waals surface area contributed by atoms with Crippen LogP contribution >= 0.6 is 0 Å². The SMILES string of the molecule is COc1ccc(C(=O)Nc2cnn3c2C(=O)N(c2ccc(C4CC4)cc2)CC3)cc1C#N. The zero-order chi connectivity index (χ0) is 22.2. The molecule has 0 atom stereocenters. The van der Waals surface area contributed by atoms with E-state index in [0.29, 0.717) is 36.1 Å². The van der Waals surface area contributed by atoms with Crippen LogP contribution in [0.4, 0.5) is 11.4 Å². The Morgan fingerprint density at radius 2 is 1.97 bits per heavy atom. The lowest BCUT2D eigenvalue weighted by Crippen LogP contribution is -2.41. The van der Waals surface area contributed by atoms with Gasteiger partial charge in [-0.2, -0.15) is 10.4 Å². The monoisotopic (exact) mass is 427 g/mol. The van der Waals surface area contributed by atoms with E-state index < -0.39 is 5.91 Å². The zero-order valence-electron chi connectivity index (χ0n) is 17.5. The minimum Gasteiger partial charge on any atom is -0.495 e. The Labute approximate surface area is 185 Å². The molecular weight excluding hydrogens is 406 g/mol. The molecule has 8 nitrogen and oxygen atoms in total. The number of anilines is 2.